The molecule has 0 radical (unpaired) electrons. The van der Waals surface area contributed by atoms with Crippen LogP contribution in [0.3, 0.4) is 0 Å². The van der Waals surface area contributed by atoms with E-state index < -0.39 is 0 Å². The van der Waals surface area contributed by atoms with Gasteiger partial charge in [0.25, 0.3) is 0 Å². The zero-order chi connectivity index (χ0) is 16.6. The van der Waals surface area contributed by atoms with E-state index >= 15 is 0 Å². The van der Waals surface area contributed by atoms with Crippen LogP contribution in [0.15, 0.2) is 0 Å². The average molecular weight is 325 g/mol. The molecular formula is C22H46N+. The molecule has 1 heterocycles. The molecule has 1 heteroatoms. The summed E-state index contributed by atoms with van der Waals surface area (Å²) in [6.45, 7) is 10.6. The van der Waals surface area contributed by atoms with Crippen LogP contribution in [-0.4, -0.2) is 30.7 Å². The van der Waals surface area contributed by atoms with Crippen molar-refractivity contribution in [1.82, 2.24) is 0 Å². The minimum atomic E-state index is 1.37. The number of quaternary nitrogens is 1. The summed E-state index contributed by atoms with van der Waals surface area (Å²) in [6, 6.07) is 0. The fourth-order valence-corrected chi connectivity index (χ4v) is 4.37. The third-order valence-corrected chi connectivity index (χ3v) is 5.99. The highest BCUT2D eigenvalue weighted by atomic mass is 15.4. The lowest BCUT2D eigenvalue weighted by atomic mass is 10.1. The van der Waals surface area contributed by atoms with Crippen LogP contribution in [0.4, 0.5) is 0 Å². The van der Waals surface area contributed by atoms with Crippen molar-refractivity contribution < 1.29 is 4.48 Å². The Hall–Kier alpha value is -0.0400. The first-order chi connectivity index (χ1) is 11.3. The zero-order valence-electron chi connectivity index (χ0n) is 16.6. The van der Waals surface area contributed by atoms with Gasteiger partial charge in [-0.05, 0) is 25.7 Å². The van der Waals surface area contributed by atoms with E-state index in [1.807, 2.05) is 0 Å². The van der Waals surface area contributed by atoms with Gasteiger partial charge >= 0.3 is 0 Å². The Bertz CT molecular complexity index is 222. The highest BCUT2D eigenvalue weighted by Crippen LogP contribution is 2.23. The average Bonchev–Trinajstić information content (AvgIpc) is 3.02. The third kappa shape index (κ3) is 10.4. The van der Waals surface area contributed by atoms with Gasteiger partial charge in [-0.1, -0.05) is 78.1 Å². The SMILES string of the molecule is CCCCCCCCC[N+]1(CCCCCCCCC)CCCC1. The molecule has 1 nitrogen and oxygen atoms in total. The molecular weight excluding hydrogens is 278 g/mol. The smallest absolute Gasteiger partial charge is 0.0788 e. The molecule has 0 N–H and O–H groups in total. The second-order valence-electron chi connectivity index (χ2n) is 8.19. The molecule has 0 atom stereocenters. The summed E-state index contributed by atoms with van der Waals surface area (Å²) >= 11 is 0. The lowest BCUT2D eigenvalue weighted by molar-refractivity contribution is -0.917. The van der Waals surface area contributed by atoms with Gasteiger partial charge in [-0.15, -0.1) is 0 Å². The Labute approximate surface area is 147 Å². The number of hydrogen-bond donors (Lipinski definition) is 0. The van der Waals surface area contributed by atoms with E-state index in [0.717, 1.165) is 0 Å². The minimum Gasteiger partial charge on any atom is -0.324 e. The summed E-state index contributed by atoms with van der Waals surface area (Å²) < 4.78 is 1.49. The summed E-state index contributed by atoms with van der Waals surface area (Å²) in [7, 11) is 0. The molecule has 0 bridgehead atoms. The van der Waals surface area contributed by atoms with E-state index in [1.54, 1.807) is 0 Å². The van der Waals surface area contributed by atoms with Gasteiger partial charge < -0.3 is 4.48 Å². The van der Waals surface area contributed by atoms with Crippen LogP contribution < -0.4 is 0 Å². The van der Waals surface area contributed by atoms with Crippen LogP contribution in [0.2, 0.25) is 0 Å². The van der Waals surface area contributed by atoms with Crippen LogP contribution in [0.1, 0.15) is 117 Å². The van der Waals surface area contributed by atoms with Crippen LogP contribution >= 0.6 is 0 Å². The molecule has 0 aromatic heterocycles. The van der Waals surface area contributed by atoms with Crippen molar-refractivity contribution in [2.24, 2.45) is 0 Å². The normalized spacial score (nSPS) is 17.0. The number of hydrogen-bond acceptors (Lipinski definition) is 0. The lowest BCUT2D eigenvalue weighted by Gasteiger charge is -2.34. The van der Waals surface area contributed by atoms with Gasteiger partial charge in [-0.3, -0.25) is 0 Å². The van der Waals surface area contributed by atoms with Crippen molar-refractivity contribution in [3.05, 3.63) is 0 Å². The van der Waals surface area contributed by atoms with Gasteiger partial charge in [-0.2, -0.15) is 0 Å². The standard InChI is InChI=1S/C22H46N/c1-3-5-7-9-11-13-15-19-23(21-17-18-22-23)20-16-14-12-10-8-6-4-2/h3-22H2,1-2H3/q+1. The molecule has 1 aliphatic heterocycles. The van der Waals surface area contributed by atoms with E-state index in [1.165, 1.54) is 133 Å². The van der Waals surface area contributed by atoms with Gasteiger partial charge in [0, 0.05) is 12.8 Å². The molecule has 0 aromatic carbocycles. The first-order valence-corrected chi connectivity index (χ1v) is 11.2. The van der Waals surface area contributed by atoms with Gasteiger partial charge in [0.1, 0.15) is 0 Å². The van der Waals surface area contributed by atoms with Crippen LogP contribution in [0.5, 0.6) is 0 Å². The van der Waals surface area contributed by atoms with E-state index in [0.29, 0.717) is 0 Å². The molecule has 1 fully saturated rings. The third-order valence-electron chi connectivity index (χ3n) is 5.99. The van der Waals surface area contributed by atoms with Gasteiger partial charge in [0.05, 0.1) is 26.2 Å². The van der Waals surface area contributed by atoms with Gasteiger partial charge in [-0.25, -0.2) is 0 Å². The zero-order valence-corrected chi connectivity index (χ0v) is 16.6. The van der Waals surface area contributed by atoms with Gasteiger partial charge in [0.2, 0.25) is 0 Å². The molecule has 1 saturated heterocycles. The maximum Gasteiger partial charge on any atom is 0.0788 e. The molecule has 0 aliphatic carbocycles. The Kier molecular flexibility index (Phi) is 13.1. The Morgan fingerprint density at radius 3 is 1.22 bits per heavy atom. The second kappa shape index (κ2) is 14.3. The van der Waals surface area contributed by atoms with E-state index in [4.69, 9.17) is 0 Å². The Balaban J connectivity index is 2.05. The second-order valence-corrected chi connectivity index (χ2v) is 8.19. The van der Waals surface area contributed by atoms with E-state index in [-0.39, 0.29) is 0 Å². The molecule has 0 saturated carbocycles. The molecule has 0 amide bonds. The molecule has 0 aromatic rings. The first kappa shape index (κ1) is 21.0. The summed E-state index contributed by atoms with van der Waals surface area (Å²) in [6.07, 6.45) is 23.4. The molecule has 1 rings (SSSR count). The summed E-state index contributed by atoms with van der Waals surface area (Å²) in [5, 5.41) is 0. The van der Waals surface area contributed by atoms with Crippen molar-refractivity contribution >= 4 is 0 Å². The fraction of sp³-hybridized carbons (Fsp3) is 1.00. The molecule has 0 spiro atoms. The predicted molar refractivity (Wildman–Crippen MR) is 105 cm³/mol. The molecule has 0 unspecified atom stereocenters. The van der Waals surface area contributed by atoms with Crippen LogP contribution in [0.25, 0.3) is 0 Å². The molecule has 138 valence electrons. The van der Waals surface area contributed by atoms with Crippen molar-refractivity contribution in [2.75, 3.05) is 26.2 Å². The van der Waals surface area contributed by atoms with Crippen molar-refractivity contribution in [3.8, 4) is 0 Å². The largest absolute Gasteiger partial charge is 0.324 e. The minimum absolute atomic E-state index is 1.37. The Morgan fingerprint density at radius 1 is 0.478 bits per heavy atom. The topological polar surface area (TPSA) is 0 Å². The van der Waals surface area contributed by atoms with Crippen LogP contribution in [0, 0.1) is 0 Å². The Morgan fingerprint density at radius 2 is 0.826 bits per heavy atom. The molecule has 23 heavy (non-hydrogen) atoms. The number of likely N-dealkylation sites (tertiary alicyclic amines) is 1. The summed E-state index contributed by atoms with van der Waals surface area (Å²) in [4.78, 5) is 0. The fourth-order valence-electron chi connectivity index (χ4n) is 4.37. The van der Waals surface area contributed by atoms with Crippen molar-refractivity contribution in [3.63, 3.8) is 0 Å². The van der Waals surface area contributed by atoms with E-state index in [9.17, 15) is 0 Å². The van der Waals surface area contributed by atoms with Crippen molar-refractivity contribution in [2.45, 2.75) is 117 Å². The predicted octanol–water partition coefficient (Wildman–Crippen LogP) is 7.10. The highest BCUT2D eigenvalue weighted by Gasteiger charge is 2.30. The van der Waals surface area contributed by atoms with Gasteiger partial charge in [0.15, 0.2) is 0 Å². The number of rotatable bonds is 16. The van der Waals surface area contributed by atoms with E-state index in [2.05, 4.69) is 13.8 Å². The van der Waals surface area contributed by atoms with Crippen LogP contribution in [-0.2, 0) is 0 Å². The maximum atomic E-state index is 2.31. The summed E-state index contributed by atoms with van der Waals surface area (Å²) in [5.41, 5.74) is 0. The lowest BCUT2D eigenvalue weighted by Crippen LogP contribution is -2.46. The first-order valence-electron chi connectivity index (χ1n) is 11.2. The maximum absolute atomic E-state index is 2.31. The monoisotopic (exact) mass is 324 g/mol. The summed E-state index contributed by atoms with van der Waals surface area (Å²) in [5.74, 6) is 0. The number of unbranched alkanes of at least 4 members (excludes halogenated alkanes) is 12. The number of nitrogens with zero attached hydrogens (tertiary/aromatic N) is 1. The quantitative estimate of drug-likeness (QED) is 0.210. The highest BCUT2D eigenvalue weighted by molar-refractivity contribution is 4.57. The molecule has 1 aliphatic rings. The van der Waals surface area contributed by atoms with Crippen molar-refractivity contribution in [1.29, 1.82) is 0 Å².